The van der Waals surface area contributed by atoms with Crippen molar-refractivity contribution < 1.29 is 85.2 Å². The fourth-order valence-electron chi connectivity index (χ4n) is 7.51. The Morgan fingerprint density at radius 3 is 2.26 bits per heavy atom. The molecule has 4 aliphatic rings. The number of aliphatic imine (C=N–C) groups is 1. The summed E-state index contributed by atoms with van der Waals surface area (Å²) in [7, 11) is 0.184. The van der Waals surface area contributed by atoms with Crippen molar-refractivity contribution in [1.82, 2.24) is 9.80 Å². The fraction of sp³-hybridized carbons (Fsp3) is 0.500. The molecule has 2 fully saturated rings. The normalized spacial score (nSPS) is 18.7. The van der Waals surface area contributed by atoms with Crippen molar-refractivity contribution in [1.29, 1.82) is 0 Å². The van der Waals surface area contributed by atoms with Crippen LogP contribution in [0.4, 0.5) is 5.69 Å². The molecule has 0 spiro atoms. The Bertz CT molecular complexity index is 2220. The summed E-state index contributed by atoms with van der Waals surface area (Å²) in [5.74, 6) is 1.46. The Morgan fingerprint density at radius 2 is 1.60 bits per heavy atom. The average molecular weight is 942 g/mol. The number of aliphatic hydroxyl groups excluding tert-OH is 1. The van der Waals surface area contributed by atoms with Gasteiger partial charge >= 0.3 is 46.1 Å². The summed E-state index contributed by atoms with van der Waals surface area (Å²) in [5.41, 5.74) is 4.76. The molecule has 6 rings (SSSR count). The van der Waals surface area contributed by atoms with E-state index in [9.17, 15) is 24.1 Å². The van der Waals surface area contributed by atoms with Gasteiger partial charge in [0.2, 0.25) is 0 Å². The number of fused-ring (bicyclic) bond motifs is 4. The van der Waals surface area contributed by atoms with Crippen LogP contribution in [-0.2, 0) is 37.7 Å². The molecule has 3 atom stereocenters. The second-order valence-corrected chi connectivity index (χ2v) is 22.8. The van der Waals surface area contributed by atoms with E-state index in [4.69, 9.17) is 31.6 Å². The zero-order valence-electron chi connectivity index (χ0n) is 35.9. The van der Waals surface area contributed by atoms with Gasteiger partial charge in [-0.3, -0.25) is 19.4 Å². The molecular formula is C42H53N3NaO12PS3. The molecular weight excluding hydrogens is 889 g/mol. The van der Waals surface area contributed by atoms with E-state index in [1.54, 1.807) is 50.9 Å². The SMILES string of the molecule is C=C1C[C@H]2C=Nc3cc(OCCP(=O)(CCOc4cc5c(cc4OC)C(=O)N4CC(=C)C[C@H]4[CH-]C5)CCSSC(C)(C)CCC(=O)OC)c(CO)cc3C(=O)N2C1.O=S(=O)=O.[Na+]. The van der Waals surface area contributed by atoms with E-state index >= 15 is 0 Å². The number of hydrogen-bond acceptors (Lipinski definition) is 15. The van der Waals surface area contributed by atoms with E-state index in [-0.39, 0.29) is 96.3 Å². The molecule has 0 bridgehead atoms. The first-order chi connectivity index (χ1) is 29.0. The van der Waals surface area contributed by atoms with Gasteiger partial charge in [0.1, 0.15) is 5.75 Å². The molecule has 0 aliphatic carbocycles. The summed E-state index contributed by atoms with van der Waals surface area (Å²) in [6.45, 7) is 13.2. The minimum absolute atomic E-state index is 0. The predicted octanol–water partition coefficient (Wildman–Crippen LogP) is 3.14. The second kappa shape index (κ2) is 23.2. The molecule has 4 heterocycles. The molecule has 2 amide bonds. The Hall–Kier alpha value is -3.09. The zero-order chi connectivity index (χ0) is 44.5. The molecule has 4 aliphatic heterocycles. The van der Waals surface area contributed by atoms with Crippen LogP contribution in [0.5, 0.6) is 17.2 Å². The van der Waals surface area contributed by atoms with Gasteiger partial charge in [0.25, 0.3) is 11.8 Å². The summed E-state index contributed by atoms with van der Waals surface area (Å²) in [6.07, 6.45) is 7.86. The third kappa shape index (κ3) is 13.7. The van der Waals surface area contributed by atoms with Crippen LogP contribution in [0.2, 0.25) is 0 Å². The van der Waals surface area contributed by atoms with Crippen LogP contribution >= 0.6 is 28.7 Å². The summed E-state index contributed by atoms with van der Waals surface area (Å²) < 4.78 is 62.9. The summed E-state index contributed by atoms with van der Waals surface area (Å²) in [4.78, 5) is 46.9. The number of rotatable bonds is 18. The molecule has 15 nitrogen and oxygen atoms in total. The Kier molecular flexibility index (Phi) is 19.3. The first-order valence-corrected chi connectivity index (χ1v) is 25.3. The van der Waals surface area contributed by atoms with Crippen LogP contribution in [0.25, 0.3) is 0 Å². The van der Waals surface area contributed by atoms with Crippen molar-refractivity contribution in [2.45, 2.75) is 69.4 Å². The quantitative estimate of drug-likeness (QED) is 0.0436. The maximum Gasteiger partial charge on any atom is 1.00 e. The molecule has 0 radical (unpaired) electrons. The number of benzene rings is 2. The second-order valence-electron chi connectivity index (χ2n) is 15.8. The Labute approximate surface area is 394 Å². The molecule has 0 saturated carbocycles. The number of aliphatic hydroxyl groups is 1. The number of nitrogens with zero attached hydrogens (tertiary/aromatic N) is 3. The van der Waals surface area contributed by atoms with Gasteiger partial charge in [-0.15, -0.1) is 12.6 Å². The summed E-state index contributed by atoms with van der Waals surface area (Å²) >= 11 is 0. The van der Waals surface area contributed by atoms with Gasteiger partial charge in [0.15, 0.2) is 11.5 Å². The summed E-state index contributed by atoms with van der Waals surface area (Å²) in [6, 6.07) is 6.77. The van der Waals surface area contributed by atoms with Gasteiger partial charge in [-0.25, -0.2) is 0 Å². The third-order valence-electron chi connectivity index (χ3n) is 10.8. The van der Waals surface area contributed by atoms with Gasteiger partial charge in [-0.05, 0) is 51.3 Å². The third-order valence-corrected chi connectivity index (χ3v) is 17.5. The van der Waals surface area contributed by atoms with E-state index in [1.807, 2.05) is 11.0 Å². The van der Waals surface area contributed by atoms with Gasteiger partial charge in [0, 0.05) is 71.9 Å². The van der Waals surface area contributed by atoms with Crippen molar-refractivity contribution in [3.05, 3.63) is 77.2 Å². The minimum atomic E-state index is -3.11. The van der Waals surface area contributed by atoms with E-state index in [1.165, 1.54) is 14.2 Å². The smallest absolute Gasteiger partial charge is 0.493 e. The Morgan fingerprint density at radius 1 is 0.952 bits per heavy atom. The molecule has 1 unspecified atom stereocenters. The van der Waals surface area contributed by atoms with Crippen molar-refractivity contribution in [2.24, 2.45) is 4.99 Å². The van der Waals surface area contributed by atoms with Crippen molar-refractivity contribution in [3.8, 4) is 17.2 Å². The van der Waals surface area contributed by atoms with Crippen molar-refractivity contribution >= 4 is 69.0 Å². The molecule has 20 heteroatoms. The van der Waals surface area contributed by atoms with Gasteiger partial charge in [-0.2, -0.15) is 6.42 Å². The van der Waals surface area contributed by atoms with Crippen molar-refractivity contribution in [2.75, 3.05) is 64.8 Å². The maximum atomic E-state index is 14.7. The van der Waals surface area contributed by atoms with E-state index in [0.29, 0.717) is 90.3 Å². The number of carbonyl (C=O) groups excluding carboxylic acids is 3. The van der Waals surface area contributed by atoms with Crippen LogP contribution in [0, 0.1) is 6.42 Å². The summed E-state index contributed by atoms with van der Waals surface area (Å²) in [5, 5.41) is 10.3. The predicted molar refractivity (Wildman–Crippen MR) is 237 cm³/mol. The van der Waals surface area contributed by atoms with Crippen LogP contribution in [0.3, 0.4) is 0 Å². The fourth-order valence-corrected chi connectivity index (χ4v) is 13.4. The number of hydrogen-bond donors (Lipinski definition) is 1. The number of amides is 2. The standard InChI is InChI=1S/C42H53N3O9PS2.Na.O3S/c1-27-17-31-8-7-29-20-38(37(51-5)21-33(29)40(48)44(31)24-27)54-12-14-55(50,15-16-56-57-42(3,4)10-9-39(47)52-6)13-11-53-36-22-35-34(19-30(36)26-46)41(49)45-25-28(2)18-32(45)23-43-35;;1-4(2)3/h8,19-23,31-32,46H,1-2,7,9-18,24-26H2,3-6H3;;/q-1;+1;/t31-,32+,55?;;/m1../s1. The molecule has 2 aromatic carbocycles. The zero-order valence-corrected chi connectivity index (χ0v) is 41.2. The molecule has 62 heavy (non-hydrogen) atoms. The van der Waals surface area contributed by atoms with Crippen LogP contribution in [0.1, 0.15) is 71.4 Å². The number of ether oxygens (including phenoxy) is 4. The number of esters is 1. The number of methoxy groups -OCH3 is 2. The molecule has 2 saturated heterocycles. The molecule has 1 N–H and O–H groups in total. The van der Waals surface area contributed by atoms with Crippen molar-refractivity contribution in [3.63, 3.8) is 0 Å². The first-order valence-electron chi connectivity index (χ1n) is 19.7. The number of carbonyl (C=O) groups is 3. The van der Waals surface area contributed by atoms with E-state index in [2.05, 4.69) is 38.4 Å². The largest absolute Gasteiger partial charge is 1.00 e. The van der Waals surface area contributed by atoms with E-state index in [0.717, 1.165) is 23.1 Å². The molecule has 2 aromatic rings. The van der Waals surface area contributed by atoms with Crippen LogP contribution < -0.4 is 43.8 Å². The van der Waals surface area contributed by atoms with Crippen LogP contribution in [-0.4, -0.2) is 133 Å². The topological polar surface area (TPSA) is 195 Å². The minimum Gasteiger partial charge on any atom is -0.493 e. The van der Waals surface area contributed by atoms with Gasteiger partial charge < -0.3 is 44.8 Å². The van der Waals surface area contributed by atoms with E-state index < -0.39 is 17.8 Å². The monoisotopic (exact) mass is 941 g/mol. The first kappa shape index (κ1) is 51.5. The molecule has 332 valence electrons. The molecule has 0 aromatic heterocycles. The van der Waals surface area contributed by atoms with Crippen LogP contribution in [0.15, 0.2) is 53.6 Å². The van der Waals surface area contributed by atoms with Gasteiger partial charge in [0.05, 0.1) is 58.5 Å². The average Bonchev–Trinajstić information content (AvgIpc) is 3.73. The Balaban J connectivity index is 0.00000162. The van der Waals surface area contributed by atoms with Gasteiger partial charge in [-0.1, -0.05) is 57.5 Å². The maximum absolute atomic E-state index is 14.7.